The van der Waals surface area contributed by atoms with Crippen LogP contribution in [-0.2, 0) is 13.5 Å². The molecule has 4 aliphatic heterocycles. The average Bonchev–Trinajstić information content (AvgIpc) is 2.93. The number of aromatic nitrogens is 1. The minimum absolute atomic E-state index is 0.665. The van der Waals surface area contributed by atoms with Crippen molar-refractivity contribution in [3.8, 4) is 0 Å². The van der Waals surface area contributed by atoms with Gasteiger partial charge in [0, 0.05) is 37.1 Å². The van der Waals surface area contributed by atoms with Gasteiger partial charge < -0.3 is 14.8 Å². The van der Waals surface area contributed by atoms with Gasteiger partial charge in [0.05, 0.1) is 5.52 Å². The van der Waals surface area contributed by atoms with Gasteiger partial charge in [-0.3, -0.25) is 0 Å². The predicted molar refractivity (Wildman–Crippen MR) is 96.5 cm³/mol. The van der Waals surface area contributed by atoms with Gasteiger partial charge in [0.2, 0.25) is 0 Å². The molecule has 2 fully saturated rings. The van der Waals surface area contributed by atoms with Gasteiger partial charge in [-0.2, -0.15) is 0 Å². The molecule has 0 radical (unpaired) electrons. The highest BCUT2D eigenvalue weighted by Crippen LogP contribution is 2.47. The summed E-state index contributed by atoms with van der Waals surface area (Å²) >= 11 is 0. The molecular weight excluding hydrogens is 282 g/mol. The summed E-state index contributed by atoms with van der Waals surface area (Å²) < 4.78 is 2.51. The van der Waals surface area contributed by atoms with Crippen LogP contribution < -0.4 is 10.2 Å². The third-order valence-electron chi connectivity index (χ3n) is 6.39. The van der Waals surface area contributed by atoms with Crippen molar-refractivity contribution in [2.75, 3.05) is 24.5 Å². The van der Waals surface area contributed by atoms with Gasteiger partial charge in [-0.25, -0.2) is 0 Å². The molecule has 2 aromatic rings. The zero-order valence-corrected chi connectivity index (χ0v) is 14.1. The van der Waals surface area contributed by atoms with Gasteiger partial charge in [-0.15, -0.1) is 0 Å². The number of hydrogen-bond acceptors (Lipinski definition) is 2. The molecule has 1 aromatic carbocycles. The van der Waals surface area contributed by atoms with Crippen molar-refractivity contribution < 1.29 is 0 Å². The van der Waals surface area contributed by atoms with E-state index in [9.17, 15) is 0 Å². The van der Waals surface area contributed by atoms with E-state index in [1.165, 1.54) is 74.9 Å². The summed E-state index contributed by atoms with van der Waals surface area (Å²) in [6.07, 6.45) is 7.93. The summed E-state index contributed by atoms with van der Waals surface area (Å²) in [5, 5.41) is 5.26. The third-order valence-corrected chi connectivity index (χ3v) is 6.39. The van der Waals surface area contributed by atoms with Crippen molar-refractivity contribution in [1.82, 2.24) is 9.88 Å². The lowest BCUT2D eigenvalue weighted by Crippen LogP contribution is -2.39. The van der Waals surface area contributed by atoms with Crippen LogP contribution in [0.25, 0.3) is 10.9 Å². The standard InChI is InChI=1S/C20H27N3/c1-22-19-15(13-16-6-2-3-10-21-16)5-4-7-17(19)18-14-8-11-23(12-9-14)20(18)22/h4-5,7,14,16,21H,2-3,6,8-13H2,1H3. The molecule has 3 nitrogen and oxygen atoms in total. The number of fused-ring (bicyclic) bond motifs is 3. The van der Waals surface area contributed by atoms with Gasteiger partial charge >= 0.3 is 0 Å². The van der Waals surface area contributed by atoms with Crippen molar-refractivity contribution >= 4 is 16.7 Å². The summed E-state index contributed by atoms with van der Waals surface area (Å²) in [4.78, 5) is 2.62. The smallest absolute Gasteiger partial charge is 0.112 e. The molecule has 1 atom stereocenters. The van der Waals surface area contributed by atoms with Crippen molar-refractivity contribution in [2.24, 2.45) is 7.05 Å². The Bertz CT molecular complexity index is 731. The number of benzene rings is 1. The van der Waals surface area contributed by atoms with Crippen LogP contribution in [0.2, 0.25) is 0 Å². The first kappa shape index (κ1) is 13.9. The lowest BCUT2D eigenvalue weighted by Gasteiger charge is -2.41. The van der Waals surface area contributed by atoms with Crippen LogP contribution in [0, 0.1) is 0 Å². The Morgan fingerprint density at radius 2 is 2.00 bits per heavy atom. The molecule has 0 amide bonds. The number of nitrogens with one attached hydrogen (secondary N) is 1. The van der Waals surface area contributed by atoms with Crippen LogP contribution in [0.5, 0.6) is 0 Å². The quantitative estimate of drug-likeness (QED) is 0.915. The highest BCUT2D eigenvalue weighted by Gasteiger charge is 2.35. The molecule has 1 N–H and O–H groups in total. The number of rotatable bonds is 2. The summed E-state index contributed by atoms with van der Waals surface area (Å²) in [5.74, 6) is 2.31. The Hall–Kier alpha value is -1.48. The van der Waals surface area contributed by atoms with Crippen LogP contribution in [0.3, 0.4) is 0 Å². The molecule has 4 aliphatic rings. The molecule has 3 heteroatoms. The fourth-order valence-corrected chi connectivity index (χ4v) is 5.31. The Morgan fingerprint density at radius 1 is 1.13 bits per heavy atom. The van der Waals surface area contributed by atoms with E-state index in [1.807, 2.05) is 0 Å². The lowest BCUT2D eigenvalue weighted by molar-refractivity contribution is 0.400. The fourth-order valence-electron chi connectivity index (χ4n) is 5.31. The Balaban J connectivity index is 1.63. The van der Waals surface area contributed by atoms with Gasteiger partial charge in [0.1, 0.15) is 5.82 Å². The fraction of sp³-hybridized carbons (Fsp3) is 0.600. The third kappa shape index (κ3) is 2.06. The number of piperidine rings is 2. The van der Waals surface area contributed by atoms with E-state index in [0.717, 1.165) is 5.92 Å². The summed E-state index contributed by atoms with van der Waals surface area (Å²) in [6.45, 7) is 3.70. The predicted octanol–water partition coefficient (Wildman–Crippen LogP) is 3.56. The molecule has 2 bridgehead atoms. The zero-order valence-electron chi connectivity index (χ0n) is 14.1. The molecule has 0 spiro atoms. The number of aryl methyl sites for hydroxylation is 1. The first-order chi connectivity index (χ1) is 11.3. The van der Waals surface area contributed by atoms with Crippen LogP contribution in [0.15, 0.2) is 18.2 Å². The van der Waals surface area contributed by atoms with E-state index < -0.39 is 0 Å². The summed E-state index contributed by atoms with van der Waals surface area (Å²) in [6, 6.07) is 7.69. The van der Waals surface area contributed by atoms with Gasteiger partial charge in [-0.05, 0) is 50.1 Å². The summed E-state index contributed by atoms with van der Waals surface area (Å²) in [5.41, 5.74) is 4.70. The van der Waals surface area contributed by atoms with Crippen LogP contribution in [0.4, 0.5) is 5.82 Å². The van der Waals surface area contributed by atoms with E-state index in [4.69, 9.17) is 0 Å². The van der Waals surface area contributed by atoms with E-state index in [0.29, 0.717) is 6.04 Å². The van der Waals surface area contributed by atoms with Crippen molar-refractivity contribution in [3.63, 3.8) is 0 Å². The van der Waals surface area contributed by atoms with Gasteiger partial charge in [0.25, 0.3) is 0 Å². The zero-order chi connectivity index (χ0) is 15.4. The SMILES string of the molecule is Cn1c2c(c3cccc(CC4CCCCN4)c31)C1CCN2CC1. The number of hydrogen-bond donors (Lipinski definition) is 1. The molecule has 2 saturated heterocycles. The molecule has 122 valence electrons. The number of para-hydroxylation sites is 1. The van der Waals surface area contributed by atoms with E-state index >= 15 is 0 Å². The summed E-state index contributed by atoms with van der Waals surface area (Å²) in [7, 11) is 2.29. The van der Waals surface area contributed by atoms with Crippen LogP contribution in [-0.4, -0.2) is 30.2 Å². The van der Waals surface area contributed by atoms with Gasteiger partial charge in [0.15, 0.2) is 0 Å². The second-order valence-electron chi connectivity index (χ2n) is 7.72. The first-order valence-electron chi connectivity index (χ1n) is 9.41. The van der Waals surface area contributed by atoms with Crippen molar-refractivity contribution in [1.29, 1.82) is 0 Å². The topological polar surface area (TPSA) is 20.2 Å². The highest BCUT2D eigenvalue weighted by atomic mass is 15.3. The first-order valence-corrected chi connectivity index (χ1v) is 9.41. The minimum atomic E-state index is 0.665. The van der Waals surface area contributed by atoms with Crippen LogP contribution >= 0.6 is 0 Å². The number of nitrogens with zero attached hydrogens (tertiary/aromatic N) is 2. The maximum absolute atomic E-state index is 3.72. The minimum Gasteiger partial charge on any atom is -0.358 e. The average molecular weight is 309 g/mol. The van der Waals surface area contributed by atoms with Crippen LogP contribution in [0.1, 0.15) is 49.1 Å². The molecular formula is C20H27N3. The van der Waals surface area contributed by atoms with Gasteiger partial charge in [-0.1, -0.05) is 24.6 Å². The second-order valence-corrected chi connectivity index (χ2v) is 7.72. The van der Waals surface area contributed by atoms with E-state index in [2.05, 4.69) is 40.0 Å². The van der Waals surface area contributed by atoms with Crippen molar-refractivity contribution in [2.45, 2.75) is 50.5 Å². The van der Waals surface area contributed by atoms with E-state index in [-0.39, 0.29) is 0 Å². The Kier molecular flexibility index (Phi) is 3.19. The Morgan fingerprint density at radius 3 is 2.78 bits per heavy atom. The lowest BCUT2D eigenvalue weighted by atomic mass is 9.84. The van der Waals surface area contributed by atoms with E-state index in [1.54, 1.807) is 11.1 Å². The molecule has 5 heterocycles. The molecule has 1 unspecified atom stereocenters. The molecule has 0 aliphatic carbocycles. The van der Waals surface area contributed by atoms with Crippen molar-refractivity contribution in [3.05, 3.63) is 29.3 Å². The maximum atomic E-state index is 3.72. The molecule has 23 heavy (non-hydrogen) atoms. The second kappa shape index (κ2) is 5.27. The largest absolute Gasteiger partial charge is 0.358 e. The number of anilines is 1. The monoisotopic (exact) mass is 309 g/mol. The molecule has 0 saturated carbocycles. The molecule has 6 rings (SSSR count). The normalized spacial score (nSPS) is 24.4. The Labute approximate surface area is 138 Å². The maximum Gasteiger partial charge on any atom is 0.112 e. The molecule has 1 aromatic heterocycles. The highest BCUT2D eigenvalue weighted by molar-refractivity contribution is 5.94.